The van der Waals surface area contributed by atoms with Gasteiger partial charge in [0.1, 0.15) is 5.82 Å². The van der Waals surface area contributed by atoms with Gasteiger partial charge in [-0.15, -0.1) is 0 Å². The Morgan fingerprint density at radius 3 is 2.60 bits per heavy atom. The van der Waals surface area contributed by atoms with E-state index in [9.17, 15) is 4.39 Å². The van der Waals surface area contributed by atoms with Crippen molar-refractivity contribution in [3.8, 4) is 0 Å². The van der Waals surface area contributed by atoms with Crippen molar-refractivity contribution in [1.29, 1.82) is 0 Å². The average molecular weight is 298 g/mol. The molecule has 1 atom stereocenters. The zero-order chi connectivity index (χ0) is 14.6. The lowest BCUT2D eigenvalue weighted by Crippen LogP contribution is -2.46. The van der Waals surface area contributed by atoms with Crippen LogP contribution in [0.25, 0.3) is 0 Å². The number of rotatable bonds is 5. The van der Waals surface area contributed by atoms with Crippen LogP contribution >= 0.6 is 11.6 Å². The summed E-state index contributed by atoms with van der Waals surface area (Å²) in [5, 5.41) is 3.87. The molecule has 1 aromatic rings. The van der Waals surface area contributed by atoms with Gasteiger partial charge in [0.25, 0.3) is 0 Å². The maximum atomic E-state index is 13.3. The molecule has 1 N–H and O–H groups in total. The van der Waals surface area contributed by atoms with Crippen molar-refractivity contribution in [3.63, 3.8) is 0 Å². The molecule has 20 heavy (non-hydrogen) atoms. The van der Waals surface area contributed by atoms with E-state index in [1.807, 2.05) is 6.07 Å². The quantitative estimate of drug-likeness (QED) is 0.809. The molecule has 2 rings (SSSR count). The van der Waals surface area contributed by atoms with Gasteiger partial charge in [-0.05, 0) is 48.9 Å². The van der Waals surface area contributed by atoms with Crippen molar-refractivity contribution in [2.45, 2.75) is 58.4 Å². The van der Waals surface area contributed by atoms with E-state index in [1.54, 1.807) is 6.07 Å². The second-order valence-corrected chi connectivity index (χ2v) is 6.68. The highest BCUT2D eigenvalue weighted by atomic mass is 35.5. The first-order chi connectivity index (χ1) is 9.55. The first-order valence-electron chi connectivity index (χ1n) is 7.72. The fourth-order valence-corrected chi connectivity index (χ4v) is 3.62. The van der Waals surface area contributed by atoms with Crippen LogP contribution in [0.5, 0.6) is 0 Å². The van der Waals surface area contributed by atoms with Crippen molar-refractivity contribution >= 4 is 11.6 Å². The van der Waals surface area contributed by atoms with Crippen molar-refractivity contribution < 1.29 is 4.39 Å². The molecule has 0 spiro atoms. The van der Waals surface area contributed by atoms with Gasteiger partial charge in [-0.3, -0.25) is 0 Å². The number of hydrogen-bond donors (Lipinski definition) is 1. The van der Waals surface area contributed by atoms with Gasteiger partial charge in [0.2, 0.25) is 0 Å². The van der Waals surface area contributed by atoms with E-state index in [0.29, 0.717) is 11.5 Å². The third kappa shape index (κ3) is 3.73. The predicted octanol–water partition coefficient (Wildman–Crippen LogP) is 4.97. The third-order valence-electron chi connectivity index (χ3n) is 4.71. The Labute approximate surface area is 126 Å². The van der Waals surface area contributed by atoms with Crippen molar-refractivity contribution in [3.05, 3.63) is 34.6 Å². The maximum absolute atomic E-state index is 13.3. The van der Waals surface area contributed by atoms with E-state index in [1.165, 1.54) is 38.2 Å². The van der Waals surface area contributed by atoms with E-state index in [0.717, 1.165) is 18.5 Å². The molecule has 112 valence electrons. The largest absolute Gasteiger partial charge is 0.313 e. The van der Waals surface area contributed by atoms with E-state index in [-0.39, 0.29) is 10.8 Å². The van der Waals surface area contributed by atoms with Crippen molar-refractivity contribution in [1.82, 2.24) is 5.32 Å². The topological polar surface area (TPSA) is 12.0 Å². The summed E-state index contributed by atoms with van der Waals surface area (Å²) in [5.74, 6) is -0.334. The molecule has 0 bridgehead atoms. The van der Waals surface area contributed by atoms with Gasteiger partial charge < -0.3 is 5.32 Å². The molecule has 0 aromatic heterocycles. The molecule has 0 saturated heterocycles. The molecule has 3 heteroatoms. The summed E-state index contributed by atoms with van der Waals surface area (Å²) < 4.78 is 13.3. The summed E-state index contributed by atoms with van der Waals surface area (Å²) in [5.41, 5.74) is 1.46. The van der Waals surface area contributed by atoms with Crippen LogP contribution in [0.1, 0.15) is 51.5 Å². The molecule has 1 aliphatic rings. The van der Waals surface area contributed by atoms with Crippen LogP contribution in [-0.4, -0.2) is 12.6 Å². The zero-order valence-electron chi connectivity index (χ0n) is 12.5. The summed E-state index contributed by atoms with van der Waals surface area (Å²) in [4.78, 5) is 0. The Hall–Kier alpha value is -0.600. The van der Waals surface area contributed by atoms with Crippen LogP contribution in [0, 0.1) is 11.2 Å². The average Bonchev–Trinajstić information content (AvgIpc) is 2.43. The summed E-state index contributed by atoms with van der Waals surface area (Å²) in [6, 6.07) is 5.55. The molecule has 1 saturated carbocycles. The predicted molar refractivity (Wildman–Crippen MR) is 83.8 cm³/mol. The van der Waals surface area contributed by atoms with Crippen LogP contribution in [-0.2, 0) is 6.42 Å². The van der Waals surface area contributed by atoms with Crippen molar-refractivity contribution in [2.75, 3.05) is 6.54 Å². The van der Waals surface area contributed by atoms with Crippen LogP contribution < -0.4 is 5.32 Å². The molecule has 0 heterocycles. The molecule has 1 fully saturated rings. The second-order valence-electron chi connectivity index (χ2n) is 6.28. The minimum Gasteiger partial charge on any atom is -0.313 e. The van der Waals surface area contributed by atoms with Crippen LogP contribution in [0.4, 0.5) is 4.39 Å². The zero-order valence-corrected chi connectivity index (χ0v) is 13.3. The SMILES string of the molecule is CCNC(Cc1ccc(F)c(Cl)c1)C1(C)CCCCC1. The fourth-order valence-electron chi connectivity index (χ4n) is 3.42. The highest BCUT2D eigenvalue weighted by Crippen LogP contribution is 2.40. The van der Waals surface area contributed by atoms with Gasteiger partial charge in [0, 0.05) is 6.04 Å². The van der Waals surface area contributed by atoms with Gasteiger partial charge in [-0.2, -0.15) is 0 Å². The Kier molecular flexibility index (Phi) is 5.45. The van der Waals surface area contributed by atoms with Crippen molar-refractivity contribution in [2.24, 2.45) is 5.41 Å². The summed E-state index contributed by atoms with van der Waals surface area (Å²) in [6.45, 7) is 5.51. The first-order valence-corrected chi connectivity index (χ1v) is 8.10. The summed E-state index contributed by atoms with van der Waals surface area (Å²) >= 11 is 5.90. The lowest BCUT2D eigenvalue weighted by molar-refractivity contribution is 0.145. The highest BCUT2D eigenvalue weighted by molar-refractivity contribution is 6.30. The number of benzene rings is 1. The lowest BCUT2D eigenvalue weighted by atomic mass is 9.69. The van der Waals surface area contributed by atoms with E-state index in [2.05, 4.69) is 19.2 Å². The fraction of sp³-hybridized carbons (Fsp3) is 0.647. The molecular formula is C17H25ClFN. The van der Waals surface area contributed by atoms with Gasteiger partial charge in [0.05, 0.1) is 5.02 Å². The Morgan fingerprint density at radius 2 is 2.00 bits per heavy atom. The molecule has 1 nitrogen and oxygen atoms in total. The molecule has 1 unspecified atom stereocenters. The number of nitrogens with one attached hydrogen (secondary N) is 1. The summed E-state index contributed by atoms with van der Waals surface area (Å²) in [7, 11) is 0. The lowest BCUT2D eigenvalue weighted by Gasteiger charge is -2.41. The molecule has 0 amide bonds. The number of halogens is 2. The first kappa shape index (κ1) is 15.8. The smallest absolute Gasteiger partial charge is 0.141 e. The Balaban J connectivity index is 2.13. The van der Waals surface area contributed by atoms with Gasteiger partial charge >= 0.3 is 0 Å². The second kappa shape index (κ2) is 6.91. The molecule has 0 aliphatic heterocycles. The number of hydrogen-bond acceptors (Lipinski definition) is 1. The van der Waals surface area contributed by atoms with Gasteiger partial charge in [0.15, 0.2) is 0 Å². The van der Waals surface area contributed by atoms with E-state index >= 15 is 0 Å². The Morgan fingerprint density at radius 1 is 1.30 bits per heavy atom. The molecule has 1 aromatic carbocycles. The van der Waals surface area contributed by atoms with Crippen LogP contribution in [0.15, 0.2) is 18.2 Å². The van der Waals surface area contributed by atoms with Gasteiger partial charge in [-0.25, -0.2) is 4.39 Å². The van der Waals surface area contributed by atoms with Gasteiger partial charge in [-0.1, -0.05) is 50.8 Å². The molecule has 0 radical (unpaired) electrons. The molecular weight excluding hydrogens is 273 g/mol. The maximum Gasteiger partial charge on any atom is 0.141 e. The van der Waals surface area contributed by atoms with Crippen LogP contribution in [0.2, 0.25) is 5.02 Å². The summed E-state index contributed by atoms with van der Waals surface area (Å²) in [6.07, 6.45) is 7.48. The third-order valence-corrected chi connectivity index (χ3v) is 5.00. The van der Waals surface area contributed by atoms with Crippen LogP contribution in [0.3, 0.4) is 0 Å². The number of likely N-dealkylation sites (N-methyl/N-ethyl adjacent to an activating group) is 1. The van der Waals surface area contributed by atoms with E-state index in [4.69, 9.17) is 11.6 Å². The highest BCUT2D eigenvalue weighted by Gasteiger charge is 2.34. The Bertz CT molecular complexity index is 441. The minimum atomic E-state index is -0.334. The normalized spacial score (nSPS) is 19.8. The monoisotopic (exact) mass is 297 g/mol. The van der Waals surface area contributed by atoms with E-state index < -0.39 is 0 Å². The minimum absolute atomic E-state index is 0.228. The standard InChI is InChI=1S/C17H25ClFN/c1-3-20-16(17(2)9-5-4-6-10-17)12-13-7-8-15(19)14(18)11-13/h7-8,11,16,20H,3-6,9-10,12H2,1-2H3. The molecule has 1 aliphatic carbocycles.